The summed E-state index contributed by atoms with van der Waals surface area (Å²) < 4.78 is 11.5. The van der Waals surface area contributed by atoms with E-state index >= 15 is 0 Å². The molecule has 3 atom stereocenters. The Morgan fingerprint density at radius 2 is 1.70 bits per heavy atom. The molecule has 2 nitrogen and oxygen atoms in total. The first-order valence-corrected chi connectivity index (χ1v) is 8.75. The van der Waals surface area contributed by atoms with Gasteiger partial charge in [0.2, 0.25) is 0 Å². The first-order chi connectivity index (χ1) is 9.72. The Bertz CT molecular complexity index is 523. The summed E-state index contributed by atoms with van der Waals surface area (Å²) in [7, 11) is 0. The number of hydrogen-bond donors (Lipinski definition) is 0. The summed E-state index contributed by atoms with van der Waals surface area (Å²) in [6.45, 7) is 1.42. The second kappa shape index (κ2) is 5.10. The first-order valence-electron chi connectivity index (χ1n) is 7.45. The van der Waals surface area contributed by atoms with Crippen LogP contribution < -0.4 is 9.47 Å². The van der Waals surface area contributed by atoms with Crippen LogP contribution in [0, 0.1) is 17.8 Å². The zero-order valence-electron chi connectivity index (χ0n) is 11.3. The van der Waals surface area contributed by atoms with Gasteiger partial charge in [-0.1, -0.05) is 27.5 Å². The fourth-order valence-electron chi connectivity index (χ4n) is 3.67. The Hall–Kier alpha value is -0.410. The Kier molecular flexibility index (Phi) is 3.38. The summed E-state index contributed by atoms with van der Waals surface area (Å²) in [5.41, 5.74) is 1.15. The van der Waals surface area contributed by atoms with Crippen LogP contribution in [0.5, 0.6) is 11.5 Å². The zero-order valence-corrected chi connectivity index (χ0v) is 13.6. The lowest BCUT2D eigenvalue weighted by Crippen LogP contribution is -2.07. The van der Waals surface area contributed by atoms with Crippen molar-refractivity contribution in [2.45, 2.75) is 30.5 Å². The summed E-state index contributed by atoms with van der Waals surface area (Å²) >= 11 is 10.3. The zero-order chi connectivity index (χ0) is 13.7. The van der Waals surface area contributed by atoms with Crippen LogP contribution in [0.15, 0.2) is 12.1 Å². The second-order valence-corrected chi connectivity index (χ2v) is 7.65. The van der Waals surface area contributed by atoms with Gasteiger partial charge in [0.25, 0.3) is 0 Å². The number of rotatable bonds is 2. The fraction of sp³-hybridized carbons (Fsp3) is 0.625. The van der Waals surface area contributed by atoms with Crippen molar-refractivity contribution >= 4 is 27.5 Å². The van der Waals surface area contributed by atoms with Crippen LogP contribution >= 0.6 is 27.5 Å². The number of benzene rings is 1. The second-order valence-electron chi connectivity index (χ2n) is 6.26. The topological polar surface area (TPSA) is 18.5 Å². The van der Waals surface area contributed by atoms with E-state index in [0.29, 0.717) is 24.0 Å². The van der Waals surface area contributed by atoms with Crippen LogP contribution in [-0.2, 0) is 0 Å². The number of fused-ring (bicyclic) bond motifs is 2. The molecule has 3 aliphatic rings. The summed E-state index contributed by atoms with van der Waals surface area (Å²) in [5.74, 6) is 4.30. The molecule has 20 heavy (non-hydrogen) atoms. The van der Waals surface area contributed by atoms with Gasteiger partial charge >= 0.3 is 0 Å². The molecule has 0 N–H and O–H groups in total. The third kappa shape index (κ3) is 2.33. The maximum absolute atomic E-state index is 6.47. The highest BCUT2D eigenvalue weighted by Crippen LogP contribution is 2.59. The molecule has 0 bridgehead atoms. The van der Waals surface area contributed by atoms with E-state index in [0.717, 1.165) is 40.3 Å². The van der Waals surface area contributed by atoms with Crippen LogP contribution in [0.2, 0.25) is 5.02 Å². The van der Waals surface area contributed by atoms with Gasteiger partial charge in [-0.3, -0.25) is 0 Å². The van der Waals surface area contributed by atoms with Gasteiger partial charge in [-0.05, 0) is 48.6 Å². The average Bonchev–Trinajstić information content (AvgIpc) is 3.12. The lowest BCUT2D eigenvalue weighted by molar-refractivity contribution is 0.297. The van der Waals surface area contributed by atoms with Crippen LogP contribution in [0.25, 0.3) is 0 Å². The summed E-state index contributed by atoms with van der Waals surface area (Å²) in [5, 5.41) is 0.789. The van der Waals surface area contributed by atoms with E-state index in [-0.39, 0.29) is 0 Å². The number of ether oxygens (including phenoxy) is 2. The molecule has 4 heteroatoms. The van der Waals surface area contributed by atoms with Gasteiger partial charge in [-0.15, -0.1) is 0 Å². The molecule has 0 amide bonds. The Morgan fingerprint density at radius 3 is 2.40 bits per heavy atom. The summed E-state index contributed by atoms with van der Waals surface area (Å²) in [4.78, 5) is 0.333. The first kappa shape index (κ1) is 13.3. The quantitative estimate of drug-likeness (QED) is 0.695. The number of alkyl halides is 1. The SMILES string of the molecule is Clc1cc2c(cc1C(Br)C1CC3CC3C1)OCCCO2. The lowest BCUT2D eigenvalue weighted by atomic mass is 9.94. The Morgan fingerprint density at radius 1 is 1.05 bits per heavy atom. The lowest BCUT2D eigenvalue weighted by Gasteiger charge is -2.21. The third-order valence-corrected chi connectivity index (χ3v) is 6.43. The average molecular weight is 358 g/mol. The number of halogens is 2. The predicted molar refractivity (Wildman–Crippen MR) is 83.0 cm³/mol. The maximum Gasteiger partial charge on any atom is 0.162 e. The molecule has 108 valence electrons. The molecule has 0 radical (unpaired) electrons. The molecule has 2 fully saturated rings. The predicted octanol–water partition coefficient (Wildman–Crippen LogP) is 4.98. The van der Waals surface area contributed by atoms with E-state index in [9.17, 15) is 0 Å². The molecule has 0 saturated heterocycles. The summed E-state index contributed by atoms with van der Waals surface area (Å²) in [6, 6.07) is 3.99. The molecule has 1 heterocycles. The molecule has 1 aromatic rings. The Labute approximate surface area is 132 Å². The van der Waals surface area contributed by atoms with Crippen molar-refractivity contribution in [3.05, 3.63) is 22.7 Å². The van der Waals surface area contributed by atoms with Crippen molar-refractivity contribution < 1.29 is 9.47 Å². The van der Waals surface area contributed by atoms with Crippen molar-refractivity contribution in [3.63, 3.8) is 0 Å². The van der Waals surface area contributed by atoms with Crippen LogP contribution in [0.1, 0.15) is 36.1 Å². The highest BCUT2D eigenvalue weighted by atomic mass is 79.9. The van der Waals surface area contributed by atoms with Crippen molar-refractivity contribution in [3.8, 4) is 11.5 Å². The minimum Gasteiger partial charge on any atom is -0.490 e. The molecule has 4 rings (SSSR count). The van der Waals surface area contributed by atoms with Gasteiger partial charge in [0, 0.05) is 22.3 Å². The fourth-order valence-corrected chi connectivity index (χ4v) is 4.88. The minimum absolute atomic E-state index is 0.333. The smallest absolute Gasteiger partial charge is 0.162 e. The highest BCUT2D eigenvalue weighted by Gasteiger charge is 2.47. The van der Waals surface area contributed by atoms with Gasteiger partial charge in [-0.2, -0.15) is 0 Å². The van der Waals surface area contributed by atoms with E-state index in [1.165, 1.54) is 19.3 Å². The molecule has 0 aromatic heterocycles. The molecule has 3 unspecified atom stereocenters. The molecule has 0 spiro atoms. The molecule has 2 saturated carbocycles. The van der Waals surface area contributed by atoms with Crippen LogP contribution in [-0.4, -0.2) is 13.2 Å². The van der Waals surface area contributed by atoms with Crippen molar-refractivity contribution in [2.24, 2.45) is 17.8 Å². The van der Waals surface area contributed by atoms with Gasteiger partial charge in [0.05, 0.1) is 13.2 Å². The van der Waals surface area contributed by atoms with E-state index in [1.54, 1.807) is 0 Å². The van der Waals surface area contributed by atoms with E-state index in [2.05, 4.69) is 22.0 Å². The maximum atomic E-state index is 6.47. The van der Waals surface area contributed by atoms with Gasteiger partial charge in [0.15, 0.2) is 11.5 Å². The van der Waals surface area contributed by atoms with Crippen molar-refractivity contribution in [1.82, 2.24) is 0 Å². The summed E-state index contributed by atoms with van der Waals surface area (Å²) in [6.07, 6.45) is 5.05. The van der Waals surface area contributed by atoms with Crippen molar-refractivity contribution in [1.29, 1.82) is 0 Å². The van der Waals surface area contributed by atoms with E-state index in [4.69, 9.17) is 21.1 Å². The molecule has 1 aromatic carbocycles. The molecule has 2 aliphatic carbocycles. The monoisotopic (exact) mass is 356 g/mol. The molecule has 1 aliphatic heterocycles. The molecular weight excluding hydrogens is 340 g/mol. The third-order valence-electron chi connectivity index (χ3n) is 4.86. The van der Waals surface area contributed by atoms with E-state index in [1.807, 2.05) is 6.07 Å². The van der Waals surface area contributed by atoms with Gasteiger partial charge in [0.1, 0.15) is 0 Å². The largest absolute Gasteiger partial charge is 0.490 e. The van der Waals surface area contributed by atoms with E-state index < -0.39 is 0 Å². The van der Waals surface area contributed by atoms with Crippen LogP contribution in [0.4, 0.5) is 0 Å². The molecular formula is C16H18BrClO2. The highest BCUT2D eigenvalue weighted by molar-refractivity contribution is 9.09. The van der Waals surface area contributed by atoms with Gasteiger partial charge in [-0.25, -0.2) is 0 Å². The van der Waals surface area contributed by atoms with Crippen LogP contribution in [0.3, 0.4) is 0 Å². The van der Waals surface area contributed by atoms with Crippen molar-refractivity contribution in [2.75, 3.05) is 13.2 Å². The Balaban J connectivity index is 1.61. The normalized spacial score (nSPS) is 32.4. The number of hydrogen-bond acceptors (Lipinski definition) is 2. The van der Waals surface area contributed by atoms with Gasteiger partial charge < -0.3 is 9.47 Å². The minimum atomic E-state index is 0.333. The standard InChI is InChI=1S/C16H18BrClO2/c17-16(11-5-9-4-10(9)6-11)12-7-14-15(8-13(12)18)20-3-1-2-19-14/h7-11,16H,1-6H2.